The summed E-state index contributed by atoms with van der Waals surface area (Å²) in [5.74, 6) is 0. The van der Waals surface area contributed by atoms with E-state index in [0.717, 1.165) is 19.3 Å². The van der Waals surface area contributed by atoms with Gasteiger partial charge in [-0.2, -0.15) is 0 Å². The molecule has 6 heteroatoms. The summed E-state index contributed by atoms with van der Waals surface area (Å²) >= 11 is 6.13. The third-order valence-corrected chi connectivity index (χ3v) is 4.57. The van der Waals surface area contributed by atoms with Crippen LogP contribution in [0.4, 0.5) is 11.4 Å². The third kappa shape index (κ3) is 2.74. The normalized spacial score (nSPS) is 25.7. The summed E-state index contributed by atoms with van der Waals surface area (Å²) in [5, 5.41) is 24.1. The SMILES string of the molecule is Cc1cc(NC2CCCC2(C)CO)c(Cl)cc1[N+](=O)[O-]. The Hall–Kier alpha value is -1.33. The van der Waals surface area contributed by atoms with E-state index in [0.29, 0.717) is 16.3 Å². The molecule has 5 nitrogen and oxygen atoms in total. The van der Waals surface area contributed by atoms with Crippen LogP contribution in [0.5, 0.6) is 0 Å². The van der Waals surface area contributed by atoms with E-state index in [1.54, 1.807) is 13.0 Å². The van der Waals surface area contributed by atoms with Crippen molar-refractivity contribution in [3.8, 4) is 0 Å². The number of nitro benzene ring substituents is 1. The molecule has 0 aromatic heterocycles. The maximum absolute atomic E-state index is 10.9. The van der Waals surface area contributed by atoms with Crippen LogP contribution >= 0.6 is 11.6 Å². The van der Waals surface area contributed by atoms with Crippen molar-refractivity contribution < 1.29 is 10.0 Å². The number of benzene rings is 1. The summed E-state index contributed by atoms with van der Waals surface area (Å²) in [4.78, 5) is 10.4. The number of aryl methyl sites for hydroxylation is 1. The molecule has 0 bridgehead atoms. The largest absolute Gasteiger partial charge is 0.396 e. The summed E-state index contributed by atoms with van der Waals surface area (Å²) < 4.78 is 0. The fraction of sp³-hybridized carbons (Fsp3) is 0.571. The van der Waals surface area contributed by atoms with Crippen molar-refractivity contribution in [2.45, 2.75) is 39.2 Å². The molecule has 0 heterocycles. The molecule has 0 radical (unpaired) electrons. The smallest absolute Gasteiger partial charge is 0.273 e. The predicted molar refractivity (Wildman–Crippen MR) is 79.3 cm³/mol. The Bertz CT molecular complexity index is 535. The van der Waals surface area contributed by atoms with Gasteiger partial charge >= 0.3 is 0 Å². The van der Waals surface area contributed by atoms with Crippen LogP contribution in [-0.2, 0) is 0 Å². The first kappa shape index (κ1) is 15.1. The van der Waals surface area contributed by atoms with Gasteiger partial charge in [0, 0.05) is 23.1 Å². The van der Waals surface area contributed by atoms with Gasteiger partial charge in [-0.25, -0.2) is 0 Å². The third-order valence-electron chi connectivity index (χ3n) is 4.26. The van der Waals surface area contributed by atoms with E-state index >= 15 is 0 Å². The van der Waals surface area contributed by atoms with Gasteiger partial charge in [0.15, 0.2) is 0 Å². The lowest BCUT2D eigenvalue weighted by Crippen LogP contribution is -2.36. The van der Waals surface area contributed by atoms with E-state index in [4.69, 9.17) is 11.6 Å². The van der Waals surface area contributed by atoms with E-state index in [-0.39, 0.29) is 23.8 Å². The minimum atomic E-state index is -0.432. The second-order valence-electron chi connectivity index (χ2n) is 5.78. The van der Waals surface area contributed by atoms with Gasteiger partial charge in [0.25, 0.3) is 5.69 Å². The zero-order valence-electron chi connectivity index (χ0n) is 11.6. The fourth-order valence-corrected chi connectivity index (χ4v) is 3.05. The zero-order chi connectivity index (χ0) is 14.9. The monoisotopic (exact) mass is 298 g/mol. The number of aliphatic hydroxyl groups is 1. The molecule has 0 amide bonds. The molecule has 1 saturated carbocycles. The van der Waals surface area contributed by atoms with Gasteiger partial charge in [-0.1, -0.05) is 24.9 Å². The molecule has 0 saturated heterocycles. The van der Waals surface area contributed by atoms with Gasteiger partial charge in [0.2, 0.25) is 0 Å². The Morgan fingerprint density at radius 3 is 2.90 bits per heavy atom. The average Bonchev–Trinajstić information content (AvgIpc) is 2.75. The average molecular weight is 299 g/mol. The minimum Gasteiger partial charge on any atom is -0.396 e. The van der Waals surface area contributed by atoms with E-state index < -0.39 is 4.92 Å². The molecule has 0 aliphatic heterocycles. The Kier molecular flexibility index (Phi) is 4.20. The fourth-order valence-electron chi connectivity index (χ4n) is 2.83. The predicted octanol–water partition coefficient (Wildman–Crippen LogP) is 3.52. The van der Waals surface area contributed by atoms with Crippen LogP contribution in [0.15, 0.2) is 12.1 Å². The summed E-state index contributed by atoms with van der Waals surface area (Å²) in [5.41, 5.74) is 1.13. The van der Waals surface area contributed by atoms with E-state index in [2.05, 4.69) is 5.32 Å². The summed E-state index contributed by atoms with van der Waals surface area (Å²) in [6, 6.07) is 3.21. The quantitative estimate of drug-likeness (QED) is 0.659. The molecule has 2 atom stereocenters. The number of hydrogen-bond donors (Lipinski definition) is 2. The lowest BCUT2D eigenvalue weighted by Gasteiger charge is -2.31. The molecular weight excluding hydrogens is 280 g/mol. The van der Waals surface area contributed by atoms with Crippen LogP contribution < -0.4 is 5.32 Å². The van der Waals surface area contributed by atoms with Gasteiger partial charge < -0.3 is 10.4 Å². The molecule has 20 heavy (non-hydrogen) atoms. The number of nitro groups is 1. The lowest BCUT2D eigenvalue weighted by molar-refractivity contribution is -0.385. The van der Waals surface area contributed by atoms with Crippen molar-refractivity contribution >= 4 is 23.0 Å². The van der Waals surface area contributed by atoms with Gasteiger partial charge in [-0.3, -0.25) is 10.1 Å². The number of rotatable bonds is 4. The Morgan fingerprint density at radius 2 is 2.30 bits per heavy atom. The van der Waals surface area contributed by atoms with E-state index in [9.17, 15) is 15.2 Å². The maximum Gasteiger partial charge on any atom is 0.273 e. The number of hydrogen-bond acceptors (Lipinski definition) is 4. The molecule has 2 N–H and O–H groups in total. The highest BCUT2D eigenvalue weighted by Crippen LogP contribution is 2.41. The first-order chi connectivity index (χ1) is 9.37. The molecule has 0 spiro atoms. The van der Waals surface area contributed by atoms with Crippen LogP contribution in [0.1, 0.15) is 31.7 Å². The Labute approximate surface area is 123 Å². The van der Waals surface area contributed by atoms with Crippen molar-refractivity contribution in [2.75, 3.05) is 11.9 Å². The topological polar surface area (TPSA) is 75.4 Å². The van der Waals surface area contributed by atoms with Crippen molar-refractivity contribution in [3.63, 3.8) is 0 Å². The molecule has 110 valence electrons. The summed E-state index contributed by atoms with van der Waals surface area (Å²) in [6.45, 7) is 3.86. The van der Waals surface area contributed by atoms with E-state index in [1.165, 1.54) is 6.07 Å². The summed E-state index contributed by atoms with van der Waals surface area (Å²) in [7, 11) is 0. The van der Waals surface area contributed by atoms with Gasteiger partial charge in [0.1, 0.15) is 0 Å². The lowest BCUT2D eigenvalue weighted by atomic mass is 9.85. The maximum atomic E-state index is 10.9. The number of nitrogens with zero attached hydrogens (tertiary/aromatic N) is 1. The van der Waals surface area contributed by atoms with E-state index in [1.807, 2.05) is 6.92 Å². The van der Waals surface area contributed by atoms with Gasteiger partial charge in [0.05, 0.1) is 22.2 Å². The second-order valence-corrected chi connectivity index (χ2v) is 6.18. The van der Waals surface area contributed by atoms with Crippen LogP contribution in [-0.4, -0.2) is 22.7 Å². The van der Waals surface area contributed by atoms with Crippen molar-refractivity contribution in [2.24, 2.45) is 5.41 Å². The highest BCUT2D eigenvalue weighted by Gasteiger charge is 2.38. The number of aliphatic hydroxyl groups excluding tert-OH is 1. The minimum absolute atomic E-state index is 0.0249. The molecule has 1 fully saturated rings. The van der Waals surface area contributed by atoms with Gasteiger partial charge in [-0.15, -0.1) is 0 Å². The number of halogens is 1. The number of anilines is 1. The van der Waals surface area contributed by atoms with Crippen molar-refractivity contribution in [3.05, 3.63) is 32.8 Å². The summed E-state index contributed by atoms with van der Waals surface area (Å²) in [6.07, 6.45) is 2.98. The highest BCUT2D eigenvalue weighted by molar-refractivity contribution is 6.33. The first-order valence-electron chi connectivity index (χ1n) is 6.69. The molecule has 1 aliphatic carbocycles. The first-order valence-corrected chi connectivity index (χ1v) is 7.07. The molecule has 1 aromatic carbocycles. The molecular formula is C14H19ClN2O3. The molecule has 2 unspecified atom stereocenters. The zero-order valence-corrected chi connectivity index (χ0v) is 12.4. The Morgan fingerprint density at radius 1 is 1.60 bits per heavy atom. The van der Waals surface area contributed by atoms with Crippen LogP contribution in [0.2, 0.25) is 5.02 Å². The molecule has 1 aliphatic rings. The standard InChI is InChI=1S/C14H19ClN2O3/c1-9-6-11(10(15)7-12(9)17(19)20)16-13-4-3-5-14(13,2)8-18/h6-7,13,16,18H,3-5,8H2,1-2H3. The molecule has 1 aromatic rings. The van der Waals surface area contributed by atoms with Crippen molar-refractivity contribution in [1.82, 2.24) is 0 Å². The Balaban J connectivity index is 2.26. The van der Waals surface area contributed by atoms with Crippen LogP contribution in [0.25, 0.3) is 0 Å². The second kappa shape index (κ2) is 5.58. The van der Waals surface area contributed by atoms with Crippen LogP contribution in [0.3, 0.4) is 0 Å². The molecule has 2 rings (SSSR count). The highest BCUT2D eigenvalue weighted by atomic mass is 35.5. The van der Waals surface area contributed by atoms with Crippen LogP contribution in [0, 0.1) is 22.5 Å². The van der Waals surface area contributed by atoms with Crippen molar-refractivity contribution in [1.29, 1.82) is 0 Å². The van der Waals surface area contributed by atoms with Gasteiger partial charge in [-0.05, 0) is 25.8 Å². The number of nitrogens with one attached hydrogen (secondary N) is 1.